The molecule has 0 unspecified atom stereocenters. The van der Waals surface area contributed by atoms with Gasteiger partial charge in [0.05, 0.1) is 12.6 Å². The number of hydrogen-bond donors (Lipinski definition) is 6. The highest BCUT2D eigenvalue weighted by Gasteiger charge is 2.25. The Labute approximate surface area is 234 Å². The summed E-state index contributed by atoms with van der Waals surface area (Å²) < 4.78 is 0. The molecule has 0 spiro atoms. The molecule has 6 N–H and O–H groups in total. The third-order valence-electron chi connectivity index (χ3n) is 5.41. The van der Waals surface area contributed by atoms with Crippen LogP contribution < -0.4 is 21.4 Å². The largest absolute Gasteiger partial charge is 0.391 e. The van der Waals surface area contributed by atoms with Crippen LogP contribution in [0, 0.1) is 23.7 Å². The van der Waals surface area contributed by atoms with Crippen molar-refractivity contribution in [1.29, 1.82) is 0 Å². The van der Waals surface area contributed by atoms with Gasteiger partial charge in [-0.1, -0.05) is 49.6 Å². The molecular formula is C31H32N4O5. The van der Waals surface area contributed by atoms with Crippen molar-refractivity contribution in [3.05, 3.63) is 101 Å². The standard InChI is InChI=1S/C30H28N4O5.CH4/c1-21(35)28(30(38)34-39)33-29(37)25-15-11-22(12-16-25)7-5-6-8-23-13-17-26(18-14-23)32-27(36)20-31-19-24-9-3-2-4-10-24;/h2-4,9-18,21,28,31,35,39H,19-20H2,1H3,(H,32,36)(H,33,37)(H,34,38);1H4/t21-,28+;/m1./s1. The average molecular weight is 541 g/mol. The van der Waals surface area contributed by atoms with Gasteiger partial charge < -0.3 is 21.1 Å². The molecule has 9 nitrogen and oxygen atoms in total. The minimum atomic E-state index is -1.30. The zero-order valence-corrected chi connectivity index (χ0v) is 21.2. The highest BCUT2D eigenvalue weighted by molar-refractivity contribution is 5.97. The normalized spacial score (nSPS) is 11.2. The summed E-state index contributed by atoms with van der Waals surface area (Å²) in [5.74, 6) is 9.67. The van der Waals surface area contributed by atoms with Crippen LogP contribution in [0.15, 0.2) is 78.9 Å². The van der Waals surface area contributed by atoms with E-state index >= 15 is 0 Å². The number of amides is 3. The minimum Gasteiger partial charge on any atom is -0.391 e. The molecule has 3 aromatic carbocycles. The van der Waals surface area contributed by atoms with Crippen molar-refractivity contribution < 1.29 is 24.7 Å². The molecule has 206 valence electrons. The molecule has 3 aromatic rings. The summed E-state index contributed by atoms with van der Waals surface area (Å²) in [7, 11) is 0. The molecule has 2 atom stereocenters. The molecule has 0 aromatic heterocycles. The lowest BCUT2D eigenvalue weighted by atomic mass is 10.1. The van der Waals surface area contributed by atoms with Crippen LogP contribution in [-0.4, -0.2) is 46.7 Å². The smallest absolute Gasteiger partial charge is 0.268 e. The van der Waals surface area contributed by atoms with Gasteiger partial charge in [-0.3, -0.25) is 19.6 Å². The van der Waals surface area contributed by atoms with E-state index in [4.69, 9.17) is 5.21 Å². The number of rotatable bonds is 9. The number of hydroxylamine groups is 1. The number of anilines is 1. The minimum absolute atomic E-state index is 0. The highest BCUT2D eigenvalue weighted by atomic mass is 16.5. The molecule has 3 amide bonds. The van der Waals surface area contributed by atoms with E-state index in [1.807, 2.05) is 30.3 Å². The fourth-order valence-electron chi connectivity index (χ4n) is 3.37. The number of benzene rings is 3. The first-order valence-corrected chi connectivity index (χ1v) is 12.0. The van der Waals surface area contributed by atoms with E-state index in [2.05, 4.69) is 39.6 Å². The maximum Gasteiger partial charge on any atom is 0.268 e. The number of aliphatic hydroxyl groups excluding tert-OH is 1. The van der Waals surface area contributed by atoms with E-state index in [1.165, 1.54) is 24.5 Å². The van der Waals surface area contributed by atoms with Crippen molar-refractivity contribution in [1.82, 2.24) is 16.1 Å². The van der Waals surface area contributed by atoms with Crippen molar-refractivity contribution in [3.8, 4) is 23.7 Å². The molecule has 40 heavy (non-hydrogen) atoms. The summed E-state index contributed by atoms with van der Waals surface area (Å²) in [5.41, 5.74) is 4.79. The van der Waals surface area contributed by atoms with Crippen LogP contribution in [0.25, 0.3) is 0 Å². The summed E-state index contributed by atoms with van der Waals surface area (Å²) in [5, 5.41) is 26.7. The average Bonchev–Trinajstić information content (AvgIpc) is 2.95. The van der Waals surface area contributed by atoms with Crippen LogP contribution in [0.3, 0.4) is 0 Å². The SMILES string of the molecule is C.C[C@@H](O)[C@H](NC(=O)c1ccc(C#CC#Cc2ccc(NC(=O)CNCc3ccccc3)cc2)cc1)C(=O)NO. The lowest BCUT2D eigenvalue weighted by Crippen LogP contribution is -2.51. The van der Waals surface area contributed by atoms with Gasteiger partial charge in [-0.15, -0.1) is 0 Å². The van der Waals surface area contributed by atoms with Gasteiger partial charge in [-0.05, 0) is 72.9 Å². The molecule has 0 radical (unpaired) electrons. The molecule has 0 saturated heterocycles. The molecular weight excluding hydrogens is 508 g/mol. The van der Waals surface area contributed by atoms with Crippen molar-refractivity contribution in [2.75, 3.05) is 11.9 Å². The predicted octanol–water partition coefficient (Wildman–Crippen LogP) is 2.44. The number of carbonyl (C=O) groups excluding carboxylic acids is 3. The Morgan fingerprint density at radius 3 is 1.98 bits per heavy atom. The maximum absolute atomic E-state index is 12.3. The van der Waals surface area contributed by atoms with Gasteiger partial charge in [0.1, 0.15) is 6.04 Å². The predicted molar refractivity (Wildman–Crippen MR) is 153 cm³/mol. The molecule has 0 fully saturated rings. The topological polar surface area (TPSA) is 140 Å². The molecule has 0 heterocycles. The van der Waals surface area contributed by atoms with E-state index in [0.717, 1.165) is 11.1 Å². The maximum atomic E-state index is 12.3. The summed E-state index contributed by atoms with van der Waals surface area (Å²) in [6.07, 6.45) is -1.20. The van der Waals surface area contributed by atoms with Gasteiger partial charge in [0.15, 0.2) is 0 Å². The fraction of sp³-hybridized carbons (Fsp3) is 0.194. The number of carbonyl (C=O) groups is 3. The van der Waals surface area contributed by atoms with Gasteiger partial charge in [0.25, 0.3) is 11.8 Å². The second-order valence-corrected chi connectivity index (χ2v) is 8.46. The molecule has 0 saturated carbocycles. The van der Waals surface area contributed by atoms with Gasteiger partial charge in [-0.25, -0.2) is 5.48 Å². The Kier molecular flexibility index (Phi) is 12.6. The monoisotopic (exact) mass is 540 g/mol. The Morgan fingerprint density at radius 2 is 1.43 bits per heavy atom. The van der Waals surface area contributed by atoms with Crippen LogP contribution in [-0.2, 0) is 16.1 Å². The van der Waals surface area contributed by atoms with Gasteiger partial charge in [0, 0.05) is 28.9 Å². The molecule has 0 aliphatic rings. The zero-order valence-electron chi connectivity index (χ0n) is 21.2. The van der Waals surface area contributed by atoms with Gasteiger partial charge >= 0.3 is 0 Å². The molecule has 0 aliphatic carbocycles. The van der Waals surface area contributed by atoms with Crippen LogP contribution >= 0.6 is 0 Å². The summed E-state index contributed by atoms with van der Waals surface area (Å²) >= 11 is 0. The van der Waals surface area contributed by atoms with E-state index in [9.17, 15) is 19.5 Å². The van der Waals surface area contributed by atoms with E-state index in [-0.39, 0.29) is 25.4 Å². The first-order chi connectivity index (χ1) is 18.9. The lowest BCUT2D eigenvalue weighted by Gasteiger charge is -2.19. The highest BCUT2D eigenvalue weighted by Crippen LogP contribution is 2.09. The number of nitrogens with one attached hydrogen (secondary N) is 4. The van der Waals surface area contributed by atoms with Crippen molar-refractivity contribution in [3.63, 3.8) is 0 Å². The third kappa shape index (κ3) is 10.1. The van der Waals surface area contributed by atoms with Crippen molar-refractivity contribution in [2.45, 2.75) is 33.0 Å². The molecule has 9 heteroatoms. The Morgan fingerprint density at radius 1 is 0.850 bits per heavy atom. The second kappa shape index (κ2) is 16.1. The van der Waals surface area contributed by atoms with E-state index in [1.54, 1.807) is 36.4 Å². The first-order valence-electron chi connectivity index (χ1n) is 12.0. The number of aliphatic hydroxyl groups is 1. The Hall–Kier alpha value is -4.93. The van der Waals surface area contributed by atoms with E-state index in [0.29, 0.717) is 17.8 Å². The van der Waals surface area contributed by atoms with E-state index < -0.39 is 24.0 Å². The van der Waals surface area contributed by atoms with Gasteiger partial charge in [0.2, 0.25) is 5.91 Å². The fourth-order valence-corrected chi connectivity index (χ4v) is 3.37. The Bertz CT molecular complexity index is 1400. The summed E-state index contributed by atoms with van der Waals surface area (Å²) in [6, 6.07) is 21.9. The quantitative estimate of drug-likeness (QED) is 0.140. The zero-order chi connectivity index (χ0) is 28.0. The van der Waals surface area contributed by atoms with Crippen LogP contribution in [0.1, 0.15) is 41.4 Å². The first kappa shape index (κ1) is 31.3. The lowest BCUT2D eigenvalue weighted by molar-refractivity contribution is -0.133. The summed E-state index contributed by atoms with van der Waals surface area (Å²) in [6.45, 7) is 2.12. The van der Waals surface area contributed by atoms with Gasteiger partial charge in [-0.2, -0.15) is 0 Å². The van der Waals surface area contributed by atoms with Crippen LogP contribution in [0.4, 0.5) is 5.69 Å². The third-order valence-corrected chi connectivity index (χ3v) is 5.41. The Balaban J connectivity index is 0.00000560. The number of hydrogen-bond acceptors (Lipinski definition) is 6. The van der Waals surface area contributed by atoms with Crippen LogP contribution in [0.5, 0.6) is 0 Å². The molecule has 0 aliphatic heterocycles. The van der Waals surface area contributed by atoms with Crippen molar-refractivity contribution in [2.24, 2.45) is 0 Å². The van der Waals surface area contributed by atoms with Crippen molar-refractivity contribution >= 4 is 23.4 Å². The van der Waals surface area contributed by atoms with Crippen LogP contribution in [0.2, 0.25) is 0 Å². The second-order valence-electron chi connectivity index (χ2n) is 8.46. The molecule has 3 rings (SSSR count). The summed E-state index contributed by atoms with van der Waals surface area (Å²) in [4.78, 5) is 36.0. The molecule has 0 bridgehead atoms.